The molecule has 2 aromatic rings. The number of nitrogens with zero attached hydrogens (tertiary/aromatic N) is 2. The van der Waals surface area contributed by atoms with Crippen molar-refractivity contribution in [1.82, 2.24) is 10.6 Å². The summed E-state index contributed by atoms with van der Waals surface area (Å²) in [6.07, 6.45) is 0. The lowest BCUT2D eigenvalue weighted by Gasteiger charge is -2.18. The normalized spacial score (nSPS) is 11.8. The van der Waals surface area contributed by atoms with Crippen LogP contribution in [0.15, 0.2) is 53.5 Å². The lowest BCUT2D eigenvalue weighted by molar-refractivity contribution is 0.685. The number of benzene rings is 2. The molecule has 0 fully saturated rings. The molecular formula is C18H20ClIN4. The molecule has 2 aromatic carbocycles. The highest BCUT2D eigenvalue weighted by Crippen LogP contribution is 2.15. The highest BCUT2D eigenvalue weighted by Gasteiger charge is 2.07. The zero-order valence-electron chi connectivity index (χ0n) is 13.6. The van der Waals surface area contributed by atoms with Gasteiger partial charge in [0.1, 0.15) is 0 Å². The van der Waals surface area contributed by atoms with Gasteiger partial charge in [-0.1, -0.05) is 35.9 Å². The lowest BCUT2D eigenvalue weighted by Crippen LogP contribution is -2.38. The molecule has 1 unspecified atom stereocenters. The second-order valence-electron chi connectivity index (χ2n) is 5.15. The smallest absolute Gasteiger partial charge is 0.191 e. The first-order chi connectivity index (χ1) is 11.1. The Hall–Kier alpha value is -1.78. The SMILES string of the molecule is CN=C(NCc1ccc(C#N)cc1)NC(C)c1ccc(Cl)cc1.I. The molecule has 0 bridgehead atoms. The third-order valence-electron chi connectivity index (χ3n) is 3.49. The summed E-state index contributed by atoms with van der Waals surface area (Å²) in [6.45, 7) is 2.70. The van der Waals surface area contributed by atoms with Crippen LogP contribution in [0, 0.1) is 11.3 Å². The Kier molecular flexibility index (Phi) is 8.58. The molecule has 0 aliphatic rings. The number of hydrogen-bond donors (Lipinski definition) is 2. The van der Waals surface area contributed by atoms with Gasteiger partial charge in [-0.2, -0.15) is 5.26 Å². The zero-order valence-corrected chi connectivity index (χ0v) is 16.7. The zero-order chi connectivity index (χ0) is 16.7. The van der Waals surface area contributed by atoms with E-state index in [1.54, 1.807) is 7.05 Å². The Morgan fingerprint density at radius 1 is 1.17 bits per heavy atom. The van der Waals surface area contributed by atoms with Gasteiger partial charge in [-0.15, -0.1) is 24.0 Å². The molecule has 0 heterocycles. The van der Waals surface area contributed by atoms with Crippen molar-refractivity contribution < 1.29 is 0 Å². The molecule has 0 amide bonds. The van der Waals surface area contributed by atoms with E-state index in [9.17, 15) is 0 Å². The minimum Gasteiger partial charge on any atom is -0.352 e. The minimum absolute atomic E-state index is 0. The molecule has 0 aliphatic carbocycles. The number of nitriles is 1. The maximum Gasteiger partial charge on any atom is 0.191 e. The third kappa shape index (κ3) is 6.02. The molecule has 0 radical (unpaired) electrons. The van der Waals surface area contributed by atoms with Crippen LogP contribution in [0.3, 0.4) is 0 Å². The van der Waals surface area contributed by atoms with Crippen LogP contribution in [-0.4, -0.2) is 13.0 Å². The van der Waals surface area contributed by atoms with E-state index >= 15 is 0 Å². The molecule has 0 spiro atoms. The van der Waals surface area contributed by atoms with E-state index in [0.717, 1.165) is 22.1 Å². The fourth-order valence-electron chi connectivity index (χ4n) is 2.12. The third-order valence-corrected chi connectivity index (χ3v) is 3.74. The van der Waals surface area contributed by atoms with Crippen molar-refractivity contribution in [3.8, 4) is 6.07 Å². The standard InChI is InChI=1S/C18H19ClN4.HI/c1-13(16-7-9-17(19)10-8-16)23-18(21-2)22-12-15-5-3-14(11-20)4-6-15;/h3-10,13H,12H2,1-2H3,(H2,21,22,23);1H. The molecule has 0 saturated heterocycles. The van der Waals surface area contributed by atoms with Crippen LogP contribution in [0.1, 0.15) is 29.7 Å². The number of rotatable bonds is 4. The van der Waals surface area contributed by atoms with Crippen LogP contribution in [0.2, 0.25) is 5.02 Å². The van der Waals surface area contributed by atoms with E-state index in [4.69, 9.17) is 16.9 Å². The van der Waals surface area contributed by atoms with Crippen molar-refractivity contribution in [1.29, 1.82) is 5.26 Å². The van der Waals surface area contributed by atoms with E-state index < -0.39 is 0 Å². The van der Waals surface area contributed by atoms with Gasteiger partial charge in [0.15, 0.2) is 5.96 Å². The van der Waals surface area contributed by atoms with Crippen molar-refractivity contribution in [2.45, 2.75) is 19.5 Å². The summed E-state index contributed by atoms with van der Waals surface area (Å²) in [6, 6.07) is 17.4. The Morgan fingerprint density at radius 2 is 1.79 bits per heavy atom. The molecule has 2 N–H and O–H groups in total. The number of aliphatic imine (C=N–C) groups is 1. The number of guanidine groups is 1. The number of nitrogens with one attached hydrogen (secondary N) is 2. The summed E-state index contributed by atoms with van der Waals surface area (Å²) in [5, 5.41) is 16.1. The summed E-state index contributed by atoms with van der Waals surface area (Å²) < 4.78 is 0. The summed E-state index contributed by atoms with van der Waals surface area (Å²) in [5.41, 5.74) is 2.88. The largest absolute Gasteiger partial charge is 0.352 e. The molecule has 0 saturated carbocycles. The topological polar surface area (TPSA) is 60.2 Å². The van der Waals surface area contributed by atoms with Gasteiger partial charge in [0.25, 0.3) is 0 Å². The highest BCUT2D eigenvalue weighted by molar-refractivity contribution is 14.0. The summed E-state index contributed by atoms with van der Waals surface area (Å²) in [5.74, 6) is 0.719. The van der Waals surface area contributed by atoms with Gasteiger partial charge in [-0.05, 0) is 42.3 Å². The predicted molar refractivity (Wildman–Crippen MR) is 110 cm³/mol. The molecule has 2 rings (SSSR count). The van der Waals surface area contributed by atoms with E-state index in [-0.39, 0.29) is 30.0 Å². The summed E-state index contributed by atoms with van der Waals surface area (Å²) in [7, 11) is 1.74. The molecule has 0 aromatic heterocycles. The average Bonchev–Trinajstić information content (AvgIpc) is 2.59. The van der Waals surface area contributed by atoms with E-state index in [0.29, 0.717) is 12.1 Å². The first-order valence-electron chi connectivity index (χ1n) is 7.34. The van der Waals surface area contributed by atoms with Gasteiger partial charge in [0.2, 0.25) is 0 Å². The maximum absolute atomic E-state index is 8.81. The van der Waals surface area contributed by atoms with Crippen molar-refractivity contribution in [3.63, 3.8) is 0 Å². The second-order valence-corrected chi connectivity index (χ2v) is 5.59. The fraction of sp³-hybridized carbons (Fsp3) is 0.222. The minimum atomic E-state index is 0. The van der Waals surface area contributed by atoms with Crippen LogP contribution in [0.5, 0.6) is 0 Å². The Labute approximate surface area is 165 Å². The van der Waals surface area contributed by atoms with Crippen molar-refractivity contribution in [2.75, 3.05) is 7.05 Å². The average molecular weight is 455 g/mol. The molecule has 0 aliphatic heterocycles. The van der Waals surface area contributed by atoms with Crippen LogP contribution >= 0.6 is 35.6 Å². The van der Waals surface area contributed by atoms with Gasteiger partial charge in [-0.3, -0.25) is 4.99 Å². The molecule has 24 heavy (non-hydrogen) atoms. The Balaban J connectivity index is 0.00000288. The summed E-state index contributed by atoms with van der Waals surface area (Å²) >= 11 is 5.91. The highest BCUT2D eigenvalue weighted by atomic mass is 127. The molecule has 126 valence electrons. The van der Waals surface area contributed by atoms with Crippen molar-refractivity contribution >= 4 is 41.5 Å². The number of hydrogen-bond acceptors (Lipinski definition) is 2. The van der Waals surface area contributed by atoms with Gasteiger partial charge >= 0.3 is 0 Å². The van der Waals surface area contributed by atoms with Crippen LogP contribution < -0.4 is 10.6 Å². The summed E-state index contributed by atoms with van der Waals surface area (Å²) in [4.78, 5) is 4.24. The van der Waals surface area contributed by atoms with E-state index in [2.05, 4.69) is 28.6 Å². The monoisotopic (exact) mass is 454 g/mol. The fourth-order valence-corrected chi connectivity index (χ4v) is 2.24. The van der Waals surface area contributed by atoms with Crippen molar-refractivity contribution in [3.05, 3.63) is 70.2 Å². The molecular weight excluding hydrogens is 435 g/mol. The van der Waals surface area contributed by atoms with Gasteiger partial charge in [-0.25, -0.2) is 0 Å². The quantitative estimate of drug-likeness (QED) is 0.412. The van der Waals surface area contributed by atoms with Gasteiger partial charge in [0, 0.05) is 18.6 Å². The van der Waals surface area contributed by atoms with Gasteiger partial charge in [0.05, 0.1) is 17.7 Å². The first-order valence-corrected chi connectivity index (χ1v) is 7.72. The first kappa shape index (κ1) is 20.3. The second kappa shape index (κ2) is 10.2. The van der Waals surface area contributed by atoms with E-state index in [1.807, 2.05) is 48.5 Å². The Morgan fingerprint density at radius 3 is 2.33 bits per heavy atom. The number of halogens is 2. The maximum atomic E-state index is 8.81. The van der Waals surface area contributed by atoms with Crippen molar-refractivity contribution in [2.24, 2.45) is 4.99 Å². The van der Waals surface area contributed by atoms with Crippen LogP contribution in [0.4, 0.5) is 0 Å². The Bertz CT molecular complexity index is 705. The molecule has 4 nitrogen and oxygen atoms in total. The van der Waals surface area contributed by atoms with Crippen LogP contribution in [0.25, 0.3) is 0 Å². The predicted octanol–water partition coefficient (Wildman–Crippen LogP) is 4.26. The van der Waals surface area contributed by atoms with E-state index in [1.165, 1.54) is 0 Å². The van der Waals surface area contributed by atoms with Gasteiger partial charge < -0.3 is 10.6 Å². The molecule has 1 atom stereocenters. The van der Waals surface area contributed by atoms with Crippen LogP contribution in [-0.2, 0) is 6.54 Å². The lowest BCUT2D eigenvalue weighted by atomic mass is 10.1. The molecule has 6 heteroatoms.